The van der Waals surface area contributed by atoms with E-state index in [4.69, 9.17) is 5.73 Å². The van der Waals surface area contributed by atoms with Crippen molar-refractivity contribution in [1.82, 2.24) is 24.6 Å². The molecule has 0 aliphatic carbocycles. The lowest BCUT2D eigenvalue weighted by Crippen LogP contribution is -2.34. The molecule has 3 heterocycles. The van der Waals surface area contributed by atoms with Crippen LogP contribution >= 0.6 is 24.0 Å². The molecule has 10 heteroatoms. The molecule has 0 radical (unpaired) electrons. The molecule has 1 fully saturated rings. The van der Waals surface area contributed by atoms with Gasteiger partial charge in [0, 0.05) is 42.7 Å². The smallest absolute Gasteiger partial charge is 0.220 e. The minimum Gasteiger partial charge on any atom is -0.368 e. The Hall–Kier alpha value is -1.27. The average molecular weight is 520 g/mol. The third kappa shape index (κ3) is 5.86. The predicted octanol–water partition coefficient (Wildman–Crippen LogP) is 1.91. The van der Waals surface area contributed by atoms with Crippen LogP contribution in [0.25, 0.3) is 0 Å². The minimum atomic E-state index is -3.00. The summed E-state index contributed by atoms with van der Waals surface area (Å²) in [5.74, 6) is 0.781. The highest BCUT2D eigenvalue weighted by Crippen LogP contribution is 2.27. The zero-order chi connectivity index (χ0) is 19.6. The highest BCUT2D eigenvalue weighted by Gasteiger charge is 2.24. The minimum absolute atomic E-state index is 0. The number of aryl methyl sites for hydroxylation is 2. The first-order valence-corrected chi connectivity index (χ1v) is 11.3. The number of likely N-dealkylation sites (tertiary alicyclic amines) is 1. The monoisotopic (exact) mass is 520 g/mol. The molecule has 8 nitrogen and oxygen atoms in total. The summed E-state index contributed by atoms with van der Waals surface area (Å²) < 4.78 is 24.7. The molecule has 1 unspecified atom stereocenters. The lowest BCUT2D eigenvalue weighted by molar-refractivity contribution is 0.198. The molecule has 1 atom stereocenters. The van der Waals surface area contributed by atoms with Crippen molar-refractivity contribution < 1.29 is 8.42 Å². The van der Waals surface area contributed by atoms with Crippen molar-refractivity contribution in [2.75, 3.05) is 30.8 Å². The number of aromatic nitrogens is 4. The highest BCUT2D eigenvalue weighted by atomic mass is 127. The average Bonchev–Trinajstić information content (AvgIpc) is 2.87. The maximum Gasteiger partial charge on any atom is 0.220 e. The third-order valence-electron chi connectivity index (χ3n) is 5.21. The Balaban J connectivity index is 0.00000280. The molecule has 2 aromatic rings. The van der Waals surface area contributed by atoms with E-state index in [1.807, 2.05) is 24.6 Å². The second-order valence-corrected chi connectivity index (χ2v) is 9.68. The van der Waals surface area contributed by atoms with E-state index in [2.05, 4.69) is 20.0 Å². The summed E-state index contributed by atoms with van der Waals surface area (Å²) in [6, 6.07) is 1.95. The molecule has 0 amide bonds. The lowest BCUT2D eigenvalue weighted by atomic mass is 9.94. The van der Waals surface area contributed by atoms with Crippen molar-refractivity contribution in [3.63, 3.8) is 0 Å². The Kier molecular flexibility index (Phi) is 7.80. The number of hydrogen-bond donors (Lipinski definition) is 1. The molecule has 1 aliphatic heterocycles. The second kappa shape index (κ2) is 9.49. The van der Waals surface area contributed by atoms with Crippen LogP contribution in [0.5, 0.6) is 0 Å². The Labute approximate surface area is 183 Å². The summed E-state index contributed by atoms with van der Waals surface area (Å²) in [5.41, 5.74) is 9.94. The van der Waals surface area contributed by atoms with Gasteiger partial charge in [0.25, 0.3) is 0 Å². The van der Waals surface area contributed by atoms with Crippen molar-refractivity contribution in [2.24, 2.45) is 0 Å². The molecule has 0 saturated carbocycles. The SMILES string of the molecule is Cc1nn(CCS(C)(=O)=O)c(C)c1CN1CCCC(c2ccnc(N)n2)C1.I. The molecule has 0 spiro atoms. The molecule has 2 aromatic heterocycles. The molecule has 156 valence electrons. The van der Waals surface area contributed by atoms with Crippen LogP contribution < -0.4 is 5.73 Å². The van der Waals surface area contributed by atoms with Crippen LogP contribution in [0.4, 0.5) is 5.95 Å². The zero-order valence-corrected chi connectivity index (χ0v) is 19.8. The van der Waals surface area contributed by atoms with Gasteiger partial charge in [-0.3, -0.25) is 9.58 Å². The van der Waals surface area contributed by atoms with Gasteiger partial charge in [-0.05, 0) is 39.3 Å². The molecule has 0 aromatic carbocycles. The zero-order valence-electron chi connectivity index (χ0n) is 16.6. The fourth-order valence-electron chi connectivity index (χ4n) is 3.71. The highest BCUT2D eigenvalue weighted by molar-refractivity contribution is 14.0. The van der Waals surface area contributed by atoms with Crippen LogP contribution in [0.1, 0.15) is 41.4 Å². The summed E-state index contributed by atoms with van der Waals surface area (Å²) in [6.07, 6.45) is 5.18. The van der Waals surface area contributed by atoms with Crippen molar-refractivity contribution in [1.29, 1.82) is 0 Å². The van der Waals surface area contributed by atoms with Gasteiger partial charge in [0.1, 0.15) is 9.84 Å². The van der Waals surface area contributed by atoms with E-state index < -0.39 is 9.84 Å². The van der Waals surface area contributed by atoms with Crippen LogP contribution in [0.2, 0.25) is 0 Å². The van der Waals surface area contributed by atoms with E-state index in [0.717, 1.165) is 49.6 Å². The van der Waals surface area contributed by atoms with Gasteiger partial charge in [-0.1, -0.05) is 0 Å². The molecule has 2 N–H and O–H groups in total. The van der Waals surface area contributed by atoms with E-state index in [0.29, 0.717) is 18.4 Å². The van der Waals surface area contributed by atoms with E-state index in [9.17, 15) is 8.42 Å². The summed E-state index contributed by atoms with van der Waals surface area (Å²) in [6.45, 7) is 7.17. The van der Waals surface area contributed by atoms with Gasteiger partial charge in [0.05, 0.1) is 23.7 Å². The van der Waals surface area contributed by atoms with E-state index in [1.54, 1.807) is 6.20 Å². The summed E-state index contributed by atoms with van der Waals surface area (Å²) in [7, 11) is -3.00. The summed E-state index contributed by atoms with van der Waals surface area (Å²) in [4.78, 5) is 10.8. The topological polar surface area (TPSA) is 107 Å². The van der Waals surface area contributed by atoms with Crippen LogP contribution in [0.3, 0.4) is 0 Å². The first-order valence-electron chi connectivity index (χ1n) is 9.24. The fraction of sp³-hybridized carbons (Fsp3) is 0.611. The molecule has 1 saturated heterocycles. The van der Waals surface area contributed by atoms with Gasteiger partial charge < -0.3 is 5.73 Å². The van der Waals surface area contributed by atoms with Gasteiger partial charge in [-0.25, -0.2) is 18.4 Å². The first-order chi connectivity index (χ1) is 12.7. The Morgan fingerprint density at radius 3 is 2.75 bits per heavy atom. The Morgan fingerprint density at radius 2 is 2.07 bits per heavy atom. The third-order valence-corrected chi connectivity index (χ3v) is 6.13. The van der Waals surface area contributed by atoms with Gasteiger partial charge in [0.2, 0.25) is 5.95 Å². The first kappa shape index (κ1) is 23.0. The molecule has 28 heavy (non-hydrogen) atoms. The van der Waals surface area contributed by atoms with Gasteiger partial charge in [0.15, 0.2) is 0 Å². The summed E-state index contributed by atoms with van der Waals surface area (Å²) in [5, 5.41) is 4.56. The number of nitrogens with two attached hydrogens (primary N) is 1. The Bertz CT molecular complexity index is 915. The van der Waals surface area contributed by atoms with Crippen molar-refractivity contribution >= 4 is 39.8 Å². The number of nitrogen functional groups attached to an aromatic ring is 1. The maximum atomic E-state index is 11.5. The molecule has 1 aliphatic rings. The number of hydrogen-bond acceptors (Lipinski definition) is 7. The van der Waals surface area contributed by atoms with Gasteiger partial charge in [-0.2, -0.15) is 5.10 Å². The van der Waals surface area contributed by atoms with Crippen LogP contribution in [0.15, 0.2) is 12.3 Å². The van der Waals surface area contributed by atoms with Crippen LogP contribution in [0, 0.1) is 13.8 Å². The molecule has 3 rings (SSSR count). The molecule has 0 bridgehead atoms. The second-order valence-electron chi connectivity index (χ2n) is 7.42. The van der Waals surface area contributed by atoms with E-state index in [-0.39, 0.29) is 29.7 Å². The summed E-state index contributed by atoms with van der Waals surface area (Å²) >= 11 is 0. The number of piperidine rings is 1. The predicted molar refractivity (Wildman–Crippen MR) is 121 cm³/mol. The fourth-order valence-corrected chi connectivity index (χ4v) is 4.22. The molecular weight excluding hydrogens is 491 g/mol. The number of sulfone groups is 1. The van der Waals surface area contributed by atoms with Gasteiger partial charge >= 0.3 is 0 Å². The van der Waals surface area contributed by atoms with E-state index in [1.165, 1.54) is 11.8 Å². The number of rotatable bonds is 6. The number of halogens is 1. The van der Waals surface area contributed by atoms with Gasteiger partial charge in [-0.15, -0.1) is 24.0 Å². The maximum absolute atomic E-state index is 11.5. The van der Waals surface area contributed by atoms with Crippen molar-refractivity contribution in [3.8, 4) is 0 Å². The largest absolute Gasteiger partial charge is 0.368 e. The van der Waals surface area contributed by atoms with Crippen molar-refractivity contribution in [3.05, 3.63) is 34.9 Å². The molecular formula is C18H29IN6O2S. The number of nitrogens with zero attached hydrogens (tertiary/aromatic N) is 5. The standard InChI is InChI=1S/C18H28N6O2S.HI/c1-13-16(14(2)24(22-13)9-10-27(3,25)26)12-23-8-4-5-15(11-23)17-6-7-20-18(19)21-17;/h6-7,15H,4-5,8-12H2,1-3H3,(H2,19,20,21);1H. The van der Waals surface area contributed by atoms with Crippen LogP contribution in [-0.2, 0) is 22.9 Å². The number of anilines is 1. The van der Waals surface area contributed by atoms with E-state index >= 15 is 0 Å². The quantitative estimate of drug-likeness (QED) is 0.580. The lowest BCUT2D eigenvalue weighted by Gasteiger charge is -2.32. The van der Waals surface area contributed by atoms with Crippen molar-refractivity contribution in [2.45, 2.75) is 45.7 Å². The normalized spacial score (nSPS) is 18.0. The van der Waals surface area contributed by atoms with Crippen LogP contribution in [-0.4, -0.2) is 58.2 Å². The Morgan fingerprint density at radius 1 is 1.32 bits per heavy atom.